The first kappa shape index (κ1) is 20.8. The Morgan fingerprint density at radius 2 is 1.47 bits per heavy atom. The molecule has 6 rings (SSSR count). The zero-order valence-electron chi connectivity index (χ0n) is 19.8. The van der Waals surface area contributed by atoms with Gasteiger partial charge in [0.25, 0.3) is 5.82 Å². The fourth-order valence-electron chi connectivity index (χ4n) is 5.03. The third-order valence-corrected chi connectivity index (χ3v) is 7.73. The standard InChI is InChI=1S/C30H26N3S/c1-19-11-10-12-20(2)28(19)29-31-24-18-23(21(3)17-27(24)34-29)30-32(4)25-15-8-9-16-26(25)33(30)22-13-6-5-7-14-22/h5-18H,1-4H3/q+1. The van der Waals surface area contributed by atoms with Crippen molar-refractivity contribution in [3.05, 3.63) is 102 Å². The first-order chi connectivity index (χ1) is 16.5. The molecule has 0 amide bonds. The van der Waals surface area contributed by atoms with Gasteiger partial charge < -0.3 is 0 Å². The lowest BCUT2D eigenvalue weighted by molar-refractivity contribution is -0.633. The number of aryl methyl sites for hydroxylation is 4. The van der Waals surface area contributed by atoms with E-state index in [0.717, 1.165) is 22.0 Å². The molecule has 4 aromatic carbocycles. The predicted molar refractivity (Wildman–Crippen MR) is 143 cm³/mol. The van der Waals surface area contributed by atoms with E-state index in [2.05, 4.69) is 122 Å². The molecule has 0 unspecified atom stereocenters. The highest BCUT2D eigenvalue weighted by Crippen LogP contribution is 2.37. The van der Waals surface area contributed by atoms with Gasteiger partial charge in [-0.2, -0.15) is 4.57 Å². The fourth-order valence-corrected chi connectivity index (χ4v) is 6.25. The molecule has 2 heterocycles. The molecule has 0 spiro atoms. The van der Waals surface area contributed by atoms with E-state index in [0.29, 0.717) is 0 Å². The van der Waals surface area contributed by atoms with Crippen molar-refractivity contribution in [3.63, 3.8) is 0 Å². The van der Waals surface area contributed by atoms with Crippen molar-refractivity contribution in [2.24, 2.45) is 7.05 Å². The van der Waals surface area contributed by atoms with Crippen LogP contribution in [0.1, 0.15) is 16.7 Å². The predicted octanol–water partition coefficient (Wildman–Crippen LogP) is 7.32. The molecule has 4 heteroatoms. The molecular weight excluding hydrogens is 434 g/mol. The largest absolute Gasteiger partial charge is 0.295 e. The van der Waals surface area contributed by atoms with Crippen LogP contribution in [-0.2, 0) is 7.05 Å². The number of nitrogens with zero attached hydrogens (tertiary/aromatic N) is 3. The van der Waals surface area contributed by atoms with Crippen LogP contribution < -0.4 is 4.57 Å². The van der Waals surface area contributed by atoms with Gasteiger partial charge in [0, 0.05) is 5.56 Å². The summed E-state index contributed by atoms with van der Waals surface area (Å²) in [6.07, 6.45) is 0. The number of benzene rings is 4. The van der Waals surface area contributed by atoms with Crippen molar-refractivity contribution in [2.45, 2.75) is 20.8 Å². The average molecular weight is 461 g/mol. The first-order valence-corrected chi connectivity index (χ1v) is 12.4. The van der Waals surface area contributed by atoms with Gasteiger partial charge in [-0.15, -0.1) is 11.3 Å². The number of hydrogen-bond acceptors (Lipinski definition) is 2. The van der Waals surface area contributed by atoms with Gasteiger partial charge in [0.15, 0.2) is 11.0 Å². The molecule has 0 N–H and O–H groups in total. The quantitative estimate of drug-likeness (QED) is 0.254. The number of rotatable bonds is 3. The summed E-state index contributed by atoms with van der Waals surface area (Å²) in [5.41, 5.74) is 10.9. The van der Waals surface area contributed by atoms with Gasteiger partial charge in [-0.1, -0.05) is 48.5 Å². The zero-order chi connectivity index (χ0) is 23.4. The molecule has 0 atom stereocenters. The van der Waals surface area contributed by atoms with Gasteiger partial charge in [-0.05, 0) is 73.9 Å². The van der Waals surface area contributed by atoms with Gasteiger partial charge in [0.1, 0.15) is 10.7 Å². The van der Waals surface area contributed by atoms with Crippen LogP contribution in [0.3, 0.4) is 0 Å². The summed E-state index contributed by atoms with van der Waals surface area (Å²) in [5.74, 6) is 1.16. The van der Waals surface area contributed by atoms with Crippen molar-refractivity contribution < 1.29 is 4.57 Å². The highest BCUT2D eigenvalue weighted by molar-refractivity contribution is 7.21. The van der Waals surface area contributed by atoms with Gasteiger partial charge in [-0.3, -0.25) is 0 Å². The number of aromatic nitrogens is 3. The average Bonchev–Trinajstić information content (AvgIpc) is 3.37. The molecule has 34 heavy (non-hydrogen) atoms. The summed E-state index contributed by atoms with van der Waals surface area (Å²) in [5, 5.41) is 1.09. The SMILES string of the molecule is Cc1cc2sc(-c3c(C)cccc3C)nc2cc1-c1n(-c2ccccc2)c2ccccc2[n+]1C. The Kier molecular flexibility index (Phi) is 4.85. The van der Waals surface area contributed by atoms with Crippen molar-refractivity contribution in [1.82, 2.24) is 9.55 Å². The van der Waals surface area contributed by atoms with Crippen LogP contribution in [0.4, 0.5) is 0 Å². The Labute approximate surface area is 203 Å². The van der Waals surface area contributed by atoms with Crippen molar-refractivity contribution in [2.75, 3.05) is 0 Å². The van der Waals surface area contributed by atoms with E-state index in [1.165, 1.54) is 43.6 Å². The molecule has 0 saturated heterocycles. The lowest BCUT2D eigenvalue weighted by Gasteiger charge is -2.06. The lowest BCUT2D eigenvalue weighted by Crippen LogP contribution is -2.30. The van der Waals surface area contributed by atoms with Crippen LogP contribution in [0, 0.1) is 20.8 Å². The van der Waals surface area contributed by atoms with E-state index in [4.69, 9.17) is 4.98 Å². The summed E-state index contributed by atoms with van der Waals surface area (Å²) in [7, 11) is 2.16. The molecule has 0 radical (unpaired) electrons. The first-order valence-electron chi connectivity index (χ1n) is 11.6. The number of fused-ring (bicyclic) bond motifs is 2. The van der Waals surface area contributed by atoms with Crippen LogP contribution in [0.25, 0.3) is 48.9 Å². The monoisotopic (exact) mass is 460 g/mol. The topological polar surface area (TPSA) is 21.7 Å². The summed E-state index contributed by atoms with van der Waals surface area (Å²) in [6.45, 7) is 6.55. The second-order valence-electron chi connectivity index (χ2n) is 8.96. The van der Waals surface area contributed by atoms with Crippen molar-refractivity contribution in [3.8, 4) is 27.6 Å². The molecule has 0 aliphatic heterocycles. The third kappa shape index (κ3) is 3.17. The van der Waals surface area contributed by atoms with Gasteiger partial charge >= 0.3 is 0 Å². The maximum absolute atomic E-state index is 5.12. The summed E-state index contributed by atoms with van der Waals surface area (Å²) >= 11 is 1.78. The highest BCUT2D eigenvalue weighted by Gasteiger charge is 2.27. The summed E-state index contributed by atoms with van der Waals surface area (Å²) < 4.78 is 5.89. The maximum Gasteiger partial charge on any atom is 0.295 e. The second kappa shape index (κ2) is 7.93. The Bertz CT molecular complexity index is 1670. The molecule has 3 nitrogen and oxygen atoms in total. The molecule has 0 aliphatic carbocycles. The van der Waals surface area contributed by atoms with Crippen LogP contribution in [0.2, 0.25) is 0 Å². The highest BCUT2D eigenvalue weighted by atomic mass is 32.1. The Morgan fingerprint density at radius 1 is 0.765 bits per heavy atom. The van der Waals surface area contributed by atoms with Crippen LogP contribution in [-0.4, -0.2) is 9.55 Å². The number of thiazole rings is 1. The smallest absolute Gasteiger partial charge is 0.236 e. The minimum absolute atomic E-state index is 1.05. The fraction of sp³-hybridized carbons (Fsp3) is 0.133. The van der Waals surface area contributed by atoms with E-state index in [-0.39, 0.29) is 0 Å². The summed E-state index contributed by atoms with van der Waals surface area (Å²) in [6, 6.07) is 30.2. The summed E-state index contributed by atoms with van der Waals surface area (Å²) in [4.78, 5) is 5.12. The Morgan fingerprint density at radius 3 is 2.24 bits per heavy atom. The van der Waals surface area contributed by atoms with Crippen LogP contribution in [0.15, 0.2) is 84.9 Å². The number of imidazole rings is 1. The zero-order valence-corrected chi connectivity index (χ0v) is 20.6. The maximum atomic E-state index is 5.12. The number of para-hydroxylation sites is 3. The molecule has 0 saturated carbocycles. The van der Waals surface area contributed by atoms with E-state index in [9.17, 15) is 0 Å². The van der Waals surface area contributed by atoms with Gasteiger partial charge in [0.05, 0.1) is 22.8 Å². The molecule has 2 aromatic heterocycles. The van der Waals surface area contributed by atoms with E-state index < -0.39 is 0 Å². The van der Waals surface area contributed by atoms with Gasteiger partial charge in [-0.25, -0.2) is 9.55 Å². The van der Waals surface area contributed by atoms with Gasteiger partial charge in [0.2, 0.25) is 0 Å². The Hall–Kier alpha value is -3.76. The van der Waals surface area contributed by atoms with Crippen molar-refractivity contribution >= 4 is 32.6 Å². The van der Waals surface area contributed by atoms with E-state index in [1.54, 1.807) is 11.3 Å². The second-order valence-corrected chi connectivity index (χ2v) is 9.99. The molecule has 6 aromatic rings. The minimum Gasteiger partial charge on any atom is -0.236 e. The van der Waals surface area contributed by atoms with E-state index in [1.807, 2.05) is 0 Å². The van der Waals surface area contributed by atoms with E-state index >= 15 is 0 Å². The molecule has 166 valence electrons. The molecule has 0 bridgehead atoms. The molecule has 0 fully saturated rings. The molecule has 0 aliphatic rings. The third-order valence-electron chi connectivity index (χ3n) is 6.70. The number of hydrogen-bond donors (Lipinski definition) is 0. The normalized spacial score (nSPS) is 11.5. The Balaban J connectivity index is 1.63. The lowest BCUT2D eigenvalue weighted by atomic mass is 10.0. The van der Waals surface area contributed by atoms with Crippen LogP contribution in [0.5, 0.6) is 0 Å². The van der Waals surface area contributed by atoms with Crippen LogP contribution >= 0.6 is 11.3 Å². The minimum atomic E-state index is 1.05. The van der Waals surface area contributed by atoms with Crippen molar-refractivity contribution in [1.29, 1.82) is 0 Å². The molecular formula is C30H26N3S+.